The largest absolute Gasteiger partial charge is 0.489 e. The van der Waals surface area contributed by atoms with Crippen molar-refractivity contribution in [2.24, 2.45) is 5.92 Å². The lowest BCUT2D eigenvalue weighted by atomic mass is 9.97. The summed E-state index contributed by atoms with van der Waals surface area (Å²) in [6, 6.07) is 27.4. The molecule has 1 fully saturated rings. The molecule has 2 heterocycles. The number of ether oxygens (including phenoxy) is 2. The third-order valence-corrected chi connectivity index (χ3v) is 9.24. The van der Waals surface area contributed by atoms with E-state index in [4.69, 9.17) is 9.47 Å². The number of benzene rings is 4. The molecule has 0 aliphatic carbocycles. The summed E-state index contributed by atoms with van der Waals surface area (Å²) in [7, 11) is 0. The number of carbonyl (C=O) groups excluding carboxylic acids is 1. The van der Waals surface area contributed by atoms with E-state index in [9.17, 15) is 4.79 Å². The first-order valence-electron chi connectivity index (χ1n) is 13.9. The SMILES string of the molecule is C=Cc1cc(Oc2c(-c3ccc(Br)cc3)sc3cc(OCc4ccccc4)ccc23)cc(F)c1N1CCC(C=O)CC1. The van der Waals surface area contributed by atoms with Crippen molar-refractivity contribution in [3.63, 3.8) is 0 Å². The predicted molar refractivity (Wildman–Crippen MR) is 173 cm³/mol. The lowest BCUT2D eigenvalue weighted by molar-refractivity contribution is -0.111. The molecule has 4 aromatic carbocycles. The van der Waals surface area contributed by atoms with Crippen molar-refractivity contribution in [1.29, 1.82) is 0 Å². The van der Waals surface area contributed by atoms with Crippen molar-refractivity contribution >= 4 is 55.4 Å². The van der Waals surface area contributed by atoms with Crippen LogP contribution >= 0.6 is 27.3 Å². The molecule has 212 valence electrons. The molecule has 0 saturated carbocycles. The van der Waals surface area contributed by atoms with Gasteiger partial charge in [0.15, 0.2) is 11.6 Å². The number of carbonyl (C=O) groups is 1. The Labute approximate surface area is 257 Å². The fraction of sp³-hybridized carbons (Fsp3) is 0.171. The molecule has 1 aromatic heterocycles. The van der Waals surface area contributed by atoms with Crippen molar-refractivity contribution in [2.45, 2.75) is 19.4 Å². The molecule has 1 aliphatic heterocycles. The number of nitrogens with zero attached hydrogens (tertiary/aromatic N) is 1. The van der Waals surface area contributed by atoms with Crippen LogP contribution in [0.25, 0.3) is 26.6 Å². The van der Waals surface area contributed by atoms with Crippen LogP contribution in [0, 0.1) is 11.7 Å². The number of hydrogen-bond donors (Lipinski definition) is 0. The van der Waals surface area contributed by atoms with Crippen molar-refractivity contribution in [3.8, 4) is 27.7 Å². The van der Waals surface area contributed by atoms with Crippen LogP contribution in [0.4, 0.5) is 10.1 Å². The zero-order valence-corrected chi connectivity index (χ0v) is 25.3. The second kappa shape index (κ2) is 12.5. The van der Waals surface area contributed by atoms with Gasteiger partial charge >= 0.3 is 0 Å². The topological polar surface area (TPSA) is 38.8 Å². The summed E-state index contributed by atoms with van der Waals surface area (Å²) >= 11 is 5.13. The predicted octanol–water partition coefficient (Wildman–Crippen LogP) is 9.90. The number of thiophene rings is 1. The Morgan fingerprint density at radius 1 is 0.976 bits per heavy atom. The van der Waals surface area contributed by atoms with Crippen LogP contribution in [0.15, 0.2) is 96.0 Å². The third kappa shape index (κ3) is 5.98. The first-order valence-corrected chi connectivity index (χ1v) is 15.5. The molecule has 6 rings (SSSR count). The molecule has 7 heteroatoms. The van der Waals surface area contributed by atoms with Crippen molar-refractivity contribution in [3.05, 3.63) is 113 Å². The number of anilines is 1. The molecule has 0 N–H and O–H groups in total. The summed E-state index contributed by atoms with van der Waals surface area (Å²) in [6.45, 7) is 5.67. The molecule has 0 atom stereocenters. The molecule has 0 unspecified atom stereocenters. The molecule has 42 heavy (non-hydrogen) atoms. The smallest absolute Gasteiger partial charge is 0.153 e. The minimum absolute atomic E-state index is 0.0345. The van der Waals surface area contributed by atoms with Gasteiger partial charge in [-0.05, 0) is 60.4 Å². The van der Waals surface area contributed by atoms with Crippen LogP contribution in [-0.4, -0.2) is 19.4 Å². The van der Waals surface area contributed by atoms with Crippen LogP contribution in [-0.2, 0) is 11.4 Å². The maximum Gasteiger partial charge on any atom is 0.153 e. The number of piperidine rings is 1. The summed E-state index contributed by atoms with van der Waals surface area (Å²) in [5, 5.41) is 0.922. The average Bonchev–Trinajstić information content (AvgIpc) is 3.38. The summed E-state index contributed by atoms with van der Waals surface area (Å²) in [5.74, 6) is 1.50. The van der Waals surface area contributed by atoms with Gasteiger partial charge in [-0.25, -0.2) is 4.39 Å². The van der Waals surface area contributed by atoms with E-state index in [0.29, 0.717) is 55.3 Å². The third-order valence-electron chi connectivity index (χ3n) is 7.53. The van der Waals surface area contributed by atoms with Gasteiger partial charge in [-0.1, -0.05) is 71.0 Å². The maximum absolute atomic E-state index is 15.7. The van der Waals surface area contributed by atoms with Gasteiger partial charge in [0.25, 0.3) is 0 Å². The van der Waals surface area contributed by atoms with Gasteiger partial charge in [-0.3, -0.25) is 0 Å². The van der Waals surface area contributed by atoms with Gasteiger partial charge in [0.05, 0.1) is 10.6 Å². The zero-order valence-electron chi connectivity index (χ0n) is 22.9. The van der Waals surface area contributed by atoms with E-state index >= 15 is 4.39 Å². The Balaban J connectivity index is 1.35. The van der Waals surface area contributed by atoms with Gasteiger partial charge < -0.3 is 19.2 Å². The molecule has 5 aromatic rings. The number of halogens is 2. The highest BCUT2D eigenvalue weighted by Gasteiger charge is 2.24. The Bertz CT molecular complexity index is 1730. The Morgan fingerprint density at radius 3 is 2.45 bits per heavy atom. The Hall–Kier alpha value is -3.94. The highest BCUT2D eigenvalue weighted by molar-refractivity contribution is 9.10. The normalized spacial score (nSPS) is 13.7. The molecule has 1 saturated heterocycles. The second-order valence-electron chi connectivity index (χ2n) is 10.3. The van der Waals surface area contributed by atoms with Crippen LogP contribution in [0.3, 0.4) is 0 Å². The van der Waals surface area contributed by atoms with Gasteiger partial charge in [-0.15, -0.1) is 11.3 Å². The fourth-order valence-electron chi connectivity index (χ4n) is 5.30. The highest BCUT2D eigenvalue weighted by Crippen LogP contribution is 2.48. The molecule has 0 amide bonds. The number of rotatable bonds is 9. The second-order valence-corrected chi connectivity index (χ2v) is 12.3. The van der Waals surface area contributed by atoms with Crippen LogP contribution in [0.5, 0.6) is 17.2 Å². The minimum Gasteiger partial charge on any atom is -0.489 e. The quantitative estimate of drug-likeness (QED) is 0.150. The summed E-state index contributed by atoms with van der Waals surface area (Å²) in [6.07, 6.45) is 4.10. The van der Waals surface area contributed by atoms with E-state index in [1.54, 1.807) is 17.4 Å². The van der Waals surface area contributed by atoms with Gasteiger partial charge in [0.2, 0.25) is 0 Å². The first-order chi connectivity index (χ1) is 20.5. The van der Waals surface area contributed by atoms with E-state index in [1.165, 1.54) is 6.07 Å². The van der Waals surface area contributed by atoms with Gasteiger partial charge in [0, 0.05) is 45.2 Å². The monoisotopic (exact) mass is 641 g/mol. The Morgan fingerprint density at radius 2 is 1.74 bits per heavy atom. The minimum atomic E-state index is -0.367. The number of aldehydes is 1. The molecule has 0 bridgehead atoms. The average molecular weight is 643 g/mol. The van der Waals surface area contributed by atoms with E-state index in [0.717, 1.165) is 42.6 Å². The van der Waals surface area contributed by atoms with Gasteiger partial charge in [-0.2, -0.15) is 0 Å². The van der Waals surface area contributed by atoms with Crippen molar-refractivity contribution in [1.82, 2.24) is 0 Å². The number of hydrogen-bond acceptors (Lipinski definition) is 5. The fourth-order valence-corrected chi connectivity index (χ4v) is 6.72. The lowest BCUT2D eigenvalue weighted by Crippen LogP contribution is -2.35. The van der Waals surface area contributed by atoms with Crippen molar-refractivity contribution < 1.29 is 18.7 Å². The zero-order chi connectivity index (χ0) is 29.1. The Kier molecular flexibility index (Phi) is 8.40. The van der Waals surface area contributed by atoms with E-state index in [2.05, 4.69) is 22.5 Å². The van der Waals surface area contributed by atoms with Gasteiger partial charge in [0.1, 0.15) is 24.4 Å². The molecular formula is C35H29BrFNO3S. The molecular weight excluding hydrogens is 613 g/mol. The van der Waals surface area contributed by atoms with Crippen LogP contribution in [0.2, 0.25) is 0 Å². The summed E-state index contributed by atoms with van der Waals surface area (Å²) < 4.78 is 30.3. The van der Waals surface area contributed by atoms with E-state index in [1.807, 2.05) is 83.8 Å². The van der Waals surface area contributed by atoms with E-state index < -0.39 is 0 Å². The lowest BCUT2D eigenvalue weighted by Gasteiger charge is -2.33. The highest BCUT2D eigenvalue weighted by atomic mass is 79.9. The molecule has 1 aliphatic rings. The standard InChI is InChI=1S/C35H29BrFNO3S/c1-2-25-18-29(19-31(37)33(25)38-16-14-23(21-39)15-17-38)41-34-30-13-12-28(40-22-24-6-4-3-5-7-24)20-32(30)42-35(34)26-8-10-27(36)11-9-26/h2-13,18-21,23H,1,14-17,22H2. The van der Waals surface area contributed by atoms with Crippen molar-refractivity contribution in [2.75, 3.05) is 18.0 Å². The number of fused-ring (bicyclic) bond motifs is 1. The van der Waals surface area contributed by atoms with Crippen LogP contribution in [0.1, 0.15) is 24.0 Å². The van der Waals surface area contributed by atoms with Crippen LogP contribution < -0.4 is 14.4 Å². The first kappa shape index (κ1) is 28.2. The molecule has 4 nitrogen and oxygen atoms in total. The molecule has 0 radical (unpaired) electrons. The summed E-state index contributed by atoms with van der Waals surface area (Å²) in [4.78, 5) is 14.1. The summed E-state index contributed by atoms with van der Waals surface area (Å²) in [5.41, 5.74) is 3.27. The molecule has 0 spiro atoms. The maximum atomic E-state index is 15.7. The van der Waals surface area contributed by atoms with E-state index in [-0.39, 0.29) is 11.7 Å².